The van der Waals surface area contributed by atoms with E-state index in [9.17, 15) is 4.79 Å². The summed E-state index contributed by atoms with van der Waals surface area (Å²) in [6, 6.07) is 5.61. The first kappa shape index (κ1) is 12.8. The van der Waals surface area contributed by atoms with E-state index >= 15 is 0 Å². The highest BCUT2D eigenvalue weighted by Gasteiger charge is 2.15. The normalized spacial score (nSPS) is 10.7. The summed E-state index contributed by atoms with van der Waals surface area (Å²) < 4.78 is 2.57. The van der Waals surface area contributed by atoms with Crippen LogP contribution in [-0.2, 0) is 7.05 Å². The van der Waals surface area contributed by atoms with Crippen LogP contribution in [0.3, 0.4) is 0 Å². The number of carboxylic acid groups (broad SMARTS) is 1. The average molecular weight is 309 g/mol. The van der Waals surface area contributed by atoms with Gasteiger partial charge in [-0.3, -0.25) is 4.68 Å². The van der Waals surface area contributed by atoms with Crippen molar-refractivity contribution in [2.45, 2.75) is 13.8 Å². The Bertz CT molecular complexity index is 632. The van der Waals surface area contributed by atoms with Crippen LogP contribution in [0.2, 0.25) is 0 Å². The maximum absolute atomic E-state index is 10.9. The number of hydrogen-bond acceptors (Lipinski definition) is 2. The molecule has 18 heavy (non-hydrogen) atoms. The van der Waals surface area contributed by atoms with Gasteiger partial charge in [-0.1, -0.05) is 15.9 Å². The van der Waals surface area contributed by atoms with E-state index in [1.165, 1.54) is 0 Å². The van der Waals surface area contributed by atoms with E-state index in [2.05, 4.69) is 21.0 Å². The molecule has 0 radical (unpaired) electrons. The van der Waals surface area contributed by atoms with Crippen LogP contribution < -0.4 is 0 Å². The molecule has 0 amide bonds. The molecule has 0 aliphatic carbocycles. The molecule has 0 saturated heterocycles. The van der Waals surface area contributed by atoms with Gasteiger partial charge in [0.1, 0.15) is 0 Å². The van der Waals surface area contributed by atoms with Crippen molar-refractivity contribution in [1.29, 1.82) is 0 Å². The van der Waals surface area contributed by atoms with Gasteiger partial charge in [0.2, 0.25) is 0 Å². The van der Waals surface area contributed by atoms with Crippen LogP contribution in [0.4, 0.5) is 0 Å². The molecular weight excluding hydrogens is 296 g/mol. The second-order valence-electron chi connectivity index (χ2n) is 4.24. The van der Waals surface area contributed by atoms with E-state index in [0.29, 0.717) is 0 Å². The summed E-state index contributed by atoms with van der Waals surface area (Å²) in [5, 5.41) is 13.0. The van der Waals surface area contributed by atoms with Crippen LogP contribution in [0.5, 0.6) is 0 Å². The topological polar surface area (TPSA) is 55.1 Å². The number of aromatic nitrogens is 2. The lowest BCUT2D eigenvalue weighted by Gasteiger charge is -2.09. The predicted molar refractivity (Wildman–Crippen MR) is 72.8 cm³/mol. The van der Waals surface area contributed by atoms with Crippen LogP contribution >= 0.6 is 15.9 Å². The van der Waals surface area contributed by atoms with E-state index in [1.54, 1.807) is 17.8 Å². The van der Waals surface area contributed by atoms with Crippen LogP contribution in [0.25, 0.3) is 11.3 Å². The van der Waals surface area contributed by atoms with Gasteiger partial charge in [-0.05, 0) is 43.2 Å². The predicted octanol–water partition coefficient (Wildman–Crippen LogP) is 3.16. The molecule has 1 N–H and O–H groups in total. The van der Waals surface area contributed by atoms with Gasteiger partial charge in [0.05, 0.1) is 5.69 Å². The zero-order valence-electron chi connectivity index (χ0n) is 10.4. The SMILES string of the molecule is Cc1cc(Br)cc(-c2cc(C(=O)O)nn2C)c1C. The zero-order valence-corrected chi connectivity index (χ0v) is 11.9. The lowest BCUT2D eigenvalue weighted by Crippen LogP contribution is -1.99. The molecule has 1 aromatic carbocycles. The molecular formula is C13H13BrN2O2. The summed E-state index contributed by atoms with van der Waals surface area (Å²) in [4.78, 5) is 10.9. The van der Waals surface area contributed by atoms with Gasteiger partial charge in [0.25, 0.3) is 0 Å². The Morgan fingerprint density at radius 1 is 1.33 bits per heavy atom. The van der Waals surface area contributed by atoms with Crippen molar-refractivity contribution in [2.24, 2.45) is 7.05 Å². The molecule has 4 nitrogen and oxygen atoms in total. The van der Waals surface area contributed by atoms with Gasteiger partial charge in [-0.15, -0.1) is 0 Å². The van der Waals surface area contributed by atoms with Crippen molar-refractivity contribution in [1.82, 2.24) is 9.78 Å². The smallest absolute Gasteiger partial charge is 0.356 e. The van der Waals surface area contributed by atoms with Crippen molar-refractivity contribution in [3.05, 3.63) is 39.5 Å². The number of halogens is 1. The van der Waals surface area contributed by atoms with Gasteiger partial charge < -0.3 is 5.11 Å². The standard InChI is InChI=1S/C13H13BrN2O2/c1-7-4-9(14)5-10(8(7)2)12-6-11(13(17)18)15-16(12)3/h4-6H,1-3H3,(H,17,18). The molecule has 0 saturated carbocycles. The highest BCUT2D eigenvalue weighted by molar-refractivity contribution is 9.10. The highest BCUT2D eigenvalue weighted by atomic mass is 79.9. The number of benzene rings is 1. The van der Waals surface area contributed by atoms with Crippen molar-refractivity contribution in [3.8, 4) is 11.3 Å². The molecule has 0 bridgehead atoms. The average Bonchev–Trinajstić information content (AvgIpc) is 2.66. The second kappa shape index (κ2) is 4.57. The molecule has 0 unspecified atom stereocenters. The van der Waals surface area contributed by atoms with E-state index in [-0.39, 0.29) is 5.69 Å². The molecule has 0 aliphatic heterocycles. The third-order valence-electron chi connectivity index (χ3n) is 3.01. The Morgan fingerprint density at radius 2 is 2.00 bits per heavy atom. The number of carbonyl (C=O) groups is 1. The number of aryl methyl sites for hydroxylation is 2. The Balaban J connectivity index is 2.65. The second-order valence-corrected chi connectivity index (χ2v) is 5.15. The third kappa shape index (κ3) is 2.18. The Hall–Kier alpha value is -1.62. The molecule has 94 valence electrons. The van der Waals surface area contributed by atoms with Crippen LogP contribution in [-0.4, -0.2) is 20.9 Å². The number of hydrogen-bond donors (Lipinski definition) is 1. The van der Waals surface area contributed by atoms with Crippen molar-refractivity contribution in [2.75, 3.05) is 0 Å². The lowest BCUT2D eigenvalue weighted by atomic mass is 10.0. The minimum atomic E-state index is -1.01. The summed E-state index contributed by atoms with van der Waals surface area (Å²) in [7, 11) is 1.75. The quantitative estimate of drug-likeness (QED) is 0.927. The van der Waals surface area contributed by atoms with Gasteiger partial charge in [0, 0.05) is 17.1 Å². The fourth-order valence-electron chi connectivity index (χ4n) is 1.91. The Labute approximate surface area is 113 Å². The maximum Gasteiger partial charge on any atom is 0.356 e. The lowest BCUT2D eigenvalue weighted by molar-refractivity contribution is 0.0689. The van der Waals surface area contributed by atoms with E-state index in [0.717, 1.165) is 26.9 Å². The fraction of sp³-hybridized carbons (Fsp3) is 0.231. The molecule has 0 atom stereocenters. The Morgan fingerprint density at radius 3 is 2.56 bits per heavy atom. The first-order valence-corrected chi connectivity index (χ1v) is 6.24. The third-order valence-corrected chi connectivity index (χ3v) is 3.46. The summed E-state index contributed by atoms with van der Waals surface area (Å²) in [5.41, 5.74) is 4.12. The molecule has 0 spiro atoms. The number of aromatic carboxylic acids is 1. The van der Waals surface area contributed by atoms with Crippen molar-refractivity contribution < 1.29 is 9.90 Å². The first-order chi connectivity index (χ1) is 8.40. The summed E-state index contributed by atoms with van der Waals surface area (Å²) in [6.45, 7) is 4.04. The molecule has 1 heterocycles. The summed E-state index contributed by atoms with van der Waals surface area (Å²) in [6.07, 6.45) is 0. The van der Waals surface area contributed by atoms with Gasteiger partial charge in [0.15, 0.2) is 5.69 Å². The summed E-state index contributed by atoms with van der Waals surface area (Å²) >= 11 is 3.46. The van der Waals surface area contributed by atoms with E-state index < -0.39 is 5.97 Å². The van der Waals surface area contributed by atoms with Crippen molar-refractivity contribution >= 4 is 21.9 Å². The molecule has 1 aromatic heterocycles. The summed E-state index contributed by atoms with van der Waals surface area (Å²) in [5.74, 6) is -1.01. The van der Waals surface area contributed by atoms with Crippen LogP contribution in [0, 0.1) is 13.8 Å². The van der Waals surface area contributed by atoms with E-state index in [4.69, 9.17) is 5.11 Å². The first-order valence-electron chi connectivity index (χ1n) is 5.44. The number of carboxylic acids is 1. The minimum Gasteiger partial charge on any atom is -0.476 e. The number of rotatable bonds is 2. The molecule has 2 aromatic rings. The van der Waals surface area contributed by atoms with E-state index in [1.807, 2.05) is 26.0 Å². The Kier molecular flexibility index (Phi) is 3.26. The van der Waals surface area contributed by atoms with Gasteiger partial charge in [-0.25, -0.2) is 4.79 Å². The fourth-order valence-corrected chi connectivity index (χ4v) is 2.48. The molecule has 2 rings (SSSR count). The van der Waals surface area contributed by atoms with Crippen LogP contribution in [0.1, 0.15) is 21.6 Å². The monoisotopic (exact) mass is 308 g/mol. The molecule has 5 heteroatoms. The van der Waals surface area contributed by atoms with Gasteiger partial charge >= 0.3 is 5.97 Å². The van der Waals surface area contributed by atoms with Crippen LogP contribution in [0.15, 0.2) is 22.7 Å². The van der Waals surface area contributed by atoms with Crippen molar-refractivity contribution in [3.63, 3.8) is 0 Å². The van der Waals surface area contributed by atoms with Gasteiger partial charge in [-0.2, -0.15) is 5.10 Å². The largest absolute Gasteiger partial charge is 0.476 e. The zero-order chi connectivity index (χ0) is 13.4. The maximum atomic E-state index is 10.9. The molecule has 0 fully saturated rings. The molecule has 0 aliphatic rings. The minimum absolute atomic E-state index is 0.0597. The highest BCUT2D eigenvalue weighted by Crippen LogP contribution is 2.29. The number of nitrogens with zero attached hydrogens (tertiary/aromatic N) is 2.